The van der Waals surface area contributed by atoms with E-state index in [9.17, 15) is 9.59 Å². The smallest absolute Gasteiger partial charge is 0.298 e. The summed E-state index contributed by atoms with van der Waals surface area (Å²) in [7, 11) is 0. The largest absolute Gasteiger partial charge is 0.329 e. The number of aryl methyl sites for hydroxylation is 2. The van der Waals surface area contributed by atoms with Crippen LogP contribution in [-0.4, -0.2) is 9.55 Å². The Kier molecular flexibility index (Phi) is 3.09. The highest BCUT2D eigenvalue weighted by Gasteiger charge is 2.15. The number of H-pyrrole nitrogens is 1. The van der Waals surface area contributed by atoms with E-state index in [4.69, 9.17) is 5.26 Å². The van der Waals surface area contributed by atoms with E-state index < -0.39 is 5.69 Å². The first-order valence-electron chi connectivity index (χ1n) is 5.58. The average Bonchev–Trinajstić information content (AvgIpc) is 2.60. The molecule has 5 nitrogen and oxygen atoms in total. The maximum atomic E-state index is 12.3. The molecule has 0 aliphatic carbocycles. The van der Waals surface area contributed by atoms with Crippen molar-refractivity contribution in [1.82, 2.24) is 9.55 Å². The number of thiophene rings is 1. The minimum Gasteiger partial charge on any atom is -0.298 e. The third-order valence-electron chi connectivity index (χ3n) is 2.99. The van der Waals surface area contributed by atoms with Gasteiger partial charge in [0.15, 0.2) is 0 Å². The predicted molar refractivity (Wildman–Crippen MR) is 71.0 cm³/mol. The van der Waals surface area contributed by atoms with E-state index in [1.54, 1.807) is 6.92 Å². The van der Waals surface area contributed by atoms with Crippen LogP contribution in [0.5, 0.6) is 0 Å². The van der Waals surface area contributed by atoms with Gasteiger partial charge in [-0.1, -0.05) is 0 Å². The molecule has 0 radical (unpaired) electrons. The monoisotopic (exact) mass is 263 g/mol. The fourth-order valence-electron chi connectivity index (χ4n) is 1.84. The van der Waals surface area contributed by atoms with Gasteiger partial charge in [0.1, 0.15) is 4.83 Å². The second-order valence-electron chi connectivity index (χ2n) is 4.36. The van der Waals surface area contributed by atoms with Gasteiger partial charge in [-0.2, -0.15) is 5.26 Å². The molecular weight excluding hydrogens is 250 g/mol. The lowest BCUT2D eigenvalue weighted by Gasteiger charge is -2.05. The van der Waals surface area contributed by atoms with Gasteiger partial charge in [-0.05, 0) is 26.3 Å². The molecule has 0 bridgehead atoms. The second kappa shape index (κ2) is 4.42. The van der Waals surface area contributed by atoms with Gasteiger partial charge in [-0.15, -0.1) is 11.3 Å². The van der Waals surface area contributed by atoms with Crippen molar-refractivity contribution in [2.24, 2.45) is 5.92 Å². The van der Waals surface area contributed by atoms with Gasteiger partial charge in [-0.25, -0.2) is 4.79 Å². The van der Waals surface area contributed by atoms with Crippen molar-refractivity contribution in [3.05, 3.63) is 31.3 Å². The summed E-state index contributed by atoms with van der Waals surface area (Å²) in [5.74, 6) is -0.374. The second-order valence-corrected chi connectivity index (χ2v) is 5.59. The van der Waals surface area contributed by atoms with Crippen molar-refractivity contribution >= 4 is 21.6 Å². The van der Waals surface area contributed by atoms with Crippen molar-refractivity contribution in [2.45, 2.75) is 27.3 Å². The highest BCUT2D eigenvalue weighted by atomic mass is 32.1. The Morgan fingerprint density at radius 3 is 2.72 bits per heavy atom. The number of rotatable bonds is 2. The summed E-state index contributed by atoms with van der Waals surface area (Å²) >= 11 is 1.41. The average molecular weight is 263 g/mol. The summed E-state index contributed by atoms with van der Waals surface area (Å²) in [6, 6.07) is 2.03. The third kappa shape index (κ3) is 1.87. The van der Waals surface area contributed by atoms with Gasteiger partial charge < -0.3 is 0 Å². The minimum atomic E-state index is -0.448. The van der Waals surface area contributed by atoms with Crippen LogP contribution in [0.15, 0.2) is 9.59 Å². The van der Waals surface area contributed by atoms with Crippen LogP contribution in [0.3, 0.4) is 0 Å². The lowest BCUT2D eigenvalue weighted by Crippen LogP contribution is -2.36. The first-order valence-corrected chi connectivity index (χ1v) is 6.39. The zero-order valence-electron chi connectivity index (χ0n) is 10.4. The number of aromatic nitrogens is 2. The van der Waals surface area contributed by atoms with E-state index >= 15 is 0 Å². The summed E-state index contributed by atoms with van der Waals surface area (Å²) in [6.45, 7) is 5.59. The van der Waals surface area contributed by atoms with E-state index in [1.165, 1.54) is 11.3 Å². The van der Waals surface area contributed by atoms with E-state index in [0.29, 0.717) is 10.2 Å². The van der Waals surface area contributed by atoms with Crippen LogP contribution >= 0.6 is 11.3 Å². The van der Waals surface area contributed by atoms with Crippen LogP contribution in [-0.2, 0) is 6.54 Å². The molecule has 0 fully saturated rings. The third-order valence-corrected chi connectivity index (χ3v) is 4.11. The Morgan fingerprint density at radius 1 is 1.44 bits per heavy atom. The molecule has 0 aliphatic heterocycles. The van der Waals surface area contributed by atoms with Crippen molar-refractivity contribution in [1.29, 1.82) is 5.26 Å². The predicted octanol–water partition coefficient (Wildman–Crippen LogP) is 1.53. The fourth-order valence-corrected chi connectivity index (χ4v) is 2.89. The molecule has 0 aromatic carbocycles. The molecule has 2 aromatic heterocycles. The first kappa shape index (κ1) is 12.6. The van der Waals surface area contributed by atoms with Crippen molar-refractivity contribution in [2.75, 3.05) is 0 Å². The molecule has 2 heterocycles. The van der Waals surface area contributed by atoms with E-state index in [-0.39, 0.29) is 18.0 Å². The number of hydrogen-bond donors (Lipinski definition) is 1. The molecule has 1 atom stereocenters. The number of nitrogens with one attached hydrogen (secondary N) is 1. The molecule has 18 heavy (non-hydrogen) atoms. The lowest BCUT2D eigenvalue weighted by atomic mass is 10.2. The van der Waals surface area contributed by atoms with Crippen LogP contribution in [0, 0.1) is 31.1 Å². The van der Waals surface area contributed by atoms with Crippen LogP contribution in [0.4, 0.5) is 0 Å². The zero-order valence-corrected chi connectivity index (χ0v) is 11.2. The highest BCUT2D eigenvalue weighted by Crippen LogP contribution is 2.24. The number of aromatic amines is 1. The molecule has 2 aromatic rings. The van der Waals surface area contributed by atoms with Crippen molar-refractivity contribution < 1.29 is 0 Å². The standard InChI is InChI=1S/C12H13N3O2S/c1-6(4-13)5-15-11(16)9-7(2)8(3)18-10(9)14-12(15)17/h6H,5H2,1-3H3,(H,14,17). The van der Waals surface area contributed by atoms with Gasteiger partial charge in [0.05, 0.1) is 17.4 Å². The Hall–Kier alpha value is -1.87. The van der Waals surface area contributed by atoms with Crippen LogP contribution in [0.25, 0.3) is 10.2 Å². The van der Waals surface area contributed by atoms with Crippen LogP contribution < -0.4 is 11.2 Å². The summed E-state index contributed by atoms with van der Waals surface area (Å²) in [5, 5.41) is 9.33. The fraction of sp³-hybridized carbons (Fsp3) is 0.417. The number of fused-ring (bicyclic) bond motifs is 1. The Balaban J connectivity index is 2.77. The van der Waals surface area contributed by atoms with Crippen LogP contribution in [0.2, 0.25) is 0 Å². The van der Waals surface area contributed by atoms with Gasteiger partial charge in [0.2, 0.25) is 0 Å². The van der Waals surface area contributed by atoms with Gasteiger partial charge >= 0.3 is 5.69 Å². The normalized spacial score (nSPS) is 12.6. The van der Waals surface area contributed by atoms with Crippen molar-refractivity contribution in [3.63, 3.8) is 0 Å². The first-order chi connectivity index (χ1) is 8.45. The molecule has 0 saturated heterocycles. The quantitative estimate of drug-likeness (QED) is 0.892. The van der Waals surface area contributed by atoms with Crippen molar-refractivity contribution in [3.8, 4) is 6.07 Å². The topological polar surface area (TPSA) is 78.7 Å². The summed E-state index contributed by atoms with van der Waals surface area (Å²) in [6.07, 6.45) is 0. The van der Waals surface area contributed by atoms with Gasteiger partial charge in [0, 0.05) is 11.4 Å². The zero-order chi connectivity index (χ0) is 13.4. The Labute approximate surface area is 107 Å². The van der Waals surface area contributed by atoms with E-state index in [2.05, 4.69) is 4.98 Å². The maximum Gasteiger partial charge on any atom is 0.329 e. The SMILES string of the molecule is Cc1sc2[nH]c(=O)n(CC(C)C#N)c(=O)c2c1C. The number of hydrogen-bond acceptors (Lipinski definition) is 4. The lowest BCUT2D eigenvalue weighted by molar-refractivity contribution is 0.544. The molecule has 1 unspecified atom stereocenters. The molecule has 0 spiro atoms. The van der Waals surface area contributed by atoms with Gasteiger partial charge in [-0.3, -0.25) is 14.3 Å². The highest BCUT2D eigenvalue weighted by molar-refractivity contribution is 7.18. The molecular formula is C12H13N3O2S. The molecule has 0 amide bonds. The van der Waals surface area contributed by atoms with E-state index in [0.717, 1.165) is 15.0 Å². The summed E-state index contributed by atoms with van der Waals surface area (Å²) < 4.78 is 1.11. The van der Waals surface area contributed by atoms with Crippen LogP contribution in [0.1, 0.15) is 17.4 Å². The molecule has 1 N–H and O–H groups in total. The molecule has 0 saturated carbocycles. The Morgan fingerprint density at radius 2 is 2.11 bits per heavy atom. The number of nitriles is 1. The minimum absolute atomic E-state index is 0.120. The molecule has 6 heteroatoms. The summed E-state index contributed by atoms with van der Waals surface area (Å²) in [4.78, 5) is 28.4. The van der Waals surface area contributed by atoms with Gasteiger partial charge in [0.25, 0.3) is 5.56 Å². The maximum absolute atomic E-state index is 12.3. The molecule has 0 aliphatic rings. The molecule has 2 rings (SSSR count). The number of nitrogens with zero attached hydrogens (tertiary/aromatic N) is 2. The summed E-state index contributed by atoms with van der Waals surface area (Å²) in [5.41, 5.74) is 0.142. The Bertz CT molecular complexity index is 760. The van der Waals surface area contributed by atoms with E-state index in [1.807, 2.05) is 19.9 Å². The molecule has 94 valence electrons.